The van der Waals surface area contributed by atoms with Crippen molar-refractivity contribution in [1.29, 1.82) is 0 Å². The summed E-state index contributed by atoms with van der Waals surface area (Å²) in [5.41, 5.74) is 2.81. The van der Waals surface area contributed by atoms with Gasteiger partial charge in [-0.1, -0.05) is 33.6 Å². The second-order valence-corrected chi connectivity index (χ2v) is 6.35. The lowest BCUT2D eigenvalue weighted by Crippen LogP contribution is -2.31. The number of alkyl halides is 1. The first-order valence-corrected chi connectivity index (χ1v) is 9.54. The summed E-state index contributed by atoms with van der Waals surface area (Å²) in [6.07, 6.45) is 5.01. The molecule has 0 aliphatic carbocycles. The van der Waals surface area contributed by atoms with Crippen LogP contribution < -0.4 is 5.48 Å². The lowest BCUT2D eigenvalue weighted by atomic mass is 10.1. The molecule has 3 unspecified atom stereocenters. The average molecular weight is 360 g/mol. The van der Waals surface area contributed by atoms with Crippen LogP contribution in [-0.4, -0.2) is 48.9 Å². The number of likely N-dealkylation sites (tertiary alicyclic amines) is 1. The van der Waals surface area contributed by atoms with E-state index in [1.54, 1.807) is 6.92 Å². The first kappa shape index (κ1) is 22.0. The summed E-state index contributed by atoms with van der Waals surface area (Å²) in [6.45, 7) is 6.45. The van der Waals surface area contributed by atoms with Gasteiger partial charge in [-0.15, -0.1) is 0 Å². The summed E-state index contributed by atoms with van der Waals surface area (Å²) in [6, 6.07) is 0. The van der Waals surface area contributed by atoms with Crippen molar-refractivity contribution < 1.29 is 23.6 Å². The highest BCUT2D eigenvalue weighted by atomic mass is 19.1. The second kappa shape index (κ2) is 12.3. The van der Waals surface area contributed by atoms with Gasteiger partial charge in [-0.25, -0.2) is 4.39 Å². The molecule has 2 fully saturated rings. The number of ether oxygens (including phenoxy) is 1. The van der Waals surface area contributed by atoms with Gasteiger partial charge in [0.25, 0.3) is 0 Å². The number of amides is 2. The molecule has 2 aliphatic heterocycles. The molecule has 2 amide bonds. The van der Waals surface area contributed by atoms with E-state index < -0.39 is 6.67 Å². The molecule has 0 aromatic rings. The molecule has 0 saturated carbocycles. The molecule has 2 saturated heterocycles. The molecule has 2 rings (SSSR count). The number of halogens is 1. The standard InChI is InChI=1S/C16H27FN2O4.C2H6/c1-12-10-15(20)19(16(12)21)8-4-2-3-5-9-22-18-14-7-6-13(11-17)23-14;1-2/h12-14,18H,2-11H2,1H3;1-2H3. The Bertz CT molecular complexity index is 409. The molecular formula is C18H33FN2O4. The fraction of sp³-hybridized carbons (Fsp3) is 0.889. The number of carbonyl (C=O) groups excluding carboxylic acids is 2. The van der Waals surface area contributed by atoms with Gasteiger partial charge < -0.3 is 4.74 Å². The third kappa shape index (κ3) is 7.38. The summed E-state index contributed by atoms with van der Waals surface area (Å²) < 4.78 is 17.7. The van der Waals surface area contributed by atoms with E-state index in [-0.39, 0.29) is 30.1 Å². The summed E-state index contributed by atoms with van der Waals surface area (Å²) in [4.78, 5) is 30.1. The lowest BCUT2D eigenvalue weighted by molar-refractivity contribution is -0.139. The van der Waals surface area contributed by atoms with Gasteiger partial charge in [-0.2, -0.15) is 5.48 Å². The van der Waals surface area contributed by atoms with E-state index in [2.05, 4.69) is 5.48 Å². The van der Waals surface area contributed by atoms with E-state index in [1.165, 1.54) is 4.90 Å². The smallest absolute Gasteiger partial charge is 0.232 e. The van der Waals surface area contributed by atoms with Crippen molar-refractivity contribution in [2.45, 2.75) is 78.0 Å². The largest absolute Gasteiger partial charge is 0.355 e. The van der Waals surface area contributed by atoms with Gasteiger partial charge in [-0.3, -0.25) is 19.3 Å². The summed E-state index contributed by atoms with van der Waals surface area (Å²) in [5.74, 6) is -0.236. The van der Waals surface area contributed by atoms with Gasteiger partial charge in [-0.05, 0) is 25.7 Å². The van der Waals surface area contributed by atoms with E-state index in [0.717, 1.165) is 38.5 Å². The minimum Gasteiger partial charge on any atom is -0.355 e. The van der Waals surface area contributed by atoms with Crippen LogP contribution in [0.15, 0.2) is 0 Å². The Morgan fingerprint density at radius 1 is 1.20 bits per heavy atom. The highest BCUT2D eigenvalue weighted by Crippen LogP contribution is 2.19. The molecule has 2 aliphatic rings. The Hall–Kier alpha value is -1.05. The molecule has 25 heavy (non-hydrogen) atoms. The molecule has 0 spiro atoms. The van der Waals surface area contributed by atoms with Crippen LogP contribution in [0.2, 0.25) is 0 Å². The fourth-order valence-electron chi connectivity index (χ4n) is 2.94. The highest BCUT2D eigenvalue weighted by molar-refractivity contribution is 6.03. The predicted octanol–water partition coefficient (Wildman–Crippen LogP) is 2.96. The second-order valence-electron chi connectivity index (χ2n) is 6.35. The molecule has 0 bridgehead atoms. The molecular weight excluding hydrogens is 327 g/mol. The maximum Gasteiger partial charge on any atom is 0.232 e. The van der Waals surface area contributed by atoms with Crippen LogP contribution in [0.4, 0.5) is 4.39 Å². The molecule has 0 radical (unpaired) electrons. The van der Waals surface area contributed by atoms with Crippen molar-refractivity contribution in [2.75, 3.05) is 19.8 Å². The Balaban J connectivity index is 0.00000151. The Morgan fingerprint density at radius 2 is 1.92 bits per heavy atom. The summed E-state index contributed by atoms with van der Waals surface area (Å²) >= 11 is 0. The molecule has 146 valence electrons. The molecule has 3 atom stereocenters. The zero-order valence-corrected chi connectivity index (χ0v) is 15.8. The first-order chi connectivity index (χ1) is 12.1. The molecule has 0 aromatic carbocycles. The SMILES string of the molecule is CC.CC1CC(=O)N(CCCCCCONC2CCC(CF)O2)C1=O. The van der Waals surface area contributed by atoms with E-state index >= 15 is 0 Å². The Labute approximate surface area is 150 Å². The van der Waals surface area contributed by atoms with Crippen molar-refractivity contribution in [3.63, 3.8) is 0 Å². The van der Waals surface area contributed by atoms with Gasteiger partial charge in [0.1, 0.15) is 12.9 Å². The van der Waals surface area contributed by atoms with Crippen LogP contribution in [-0.2, 0) is 19.2 Å². The maximum absolute atomic E-state index is 12.4. The third-order valence-electron chi connectivity index (χ3n) is 4.34. The van der Waals surface area contributed by atoms with Crippen LogP contribution in [0, 0.1) is 5.92 Å². The number of hydrogen-bond donors (Lipinski definition) is 1. The van der Waals surface area contributed by atoms with Gasteiger partial charge in [0, 0.05) is 18.9 Å². The molecule has 0 aromatic heterocycles. The quantitative estimate of drug-likeness (QED) is 0.368. The summed E-state index contributed by atoms with van der Waals surface area (Å²) in [7, 11) is 0. The molecule has 2 heterocycles. The monoisotopic (exact) mass is 360 g/mol. The van der Waals surface area contributed by atoms with Crippen molar-refractivity contribution in [3.8, 4) is 0 Å². The average Bonchev–Trinajstić information content (AvgIpc) is 3.18. The number of hydroxylamine groups is 1. The minimum absolute atomic E-state index is 0.0364. The number of hydrogen-bond acceptors (Lipinski definition) is 5. The van der Waals surface area contributed by atoms with Gasteiger partial charge in [0.15, 0.2) is 0 Å². The van der Waals surface area contributed by atoms with Crippen molar-refractivity contribution in [2.24, 2.45) is 5.92 Å². The van der Waals surface area contributed by atoms with Gasteiger partial charge >= 0.3 is 0 Å². The predicted molar refractivity (Wildman–Crippen MR) is 93.3 cm³/mol. The van der Waals surface area contributed by atoms with Crippen LogP contribution in [0.3, 0.4) is 0 Å². The highest BCUT2D eigenvalue weighted by Gasteiger charge is 2.34. The zero-order chi connectivity index (χ0) is 18.7. The summed E-state index contributed by atoms with van der Waals surface area (Å²) in [5, 5.41) is 0. The van der Waals surface area contributed by atoms with Crippen LogP contribution in [0.5, 0.6) is 0 Å². The Kier molecular flexibility index (Phi) is 10.8. The maximum atomic E-state index is 12.4. The number of nitrogens with zero attached hydrogens (tertiary/aromatic N) is 1. The minimum atomic E-state index is -0.445. The van der Waals surface area contributed by atoms with Gasteiger partial charge in [0.2, 0.25) is 11.8 Å². The number of rotatable bonds is 10. The lowest BCUT2D eigenvalue weighted by Gasteiger charge is -2.14. The normalized spacial score (nSPS) is 26.1. The molecule has 7 heteroatoms. The fourth-order valence-corrected chi connectivity index (χ4v) is 2.94. The number of imide groups is 1. The number of unbranched alkanes of at least 4 members (excludes halogenated alkanes) is 3. The topological polar surface area (TPSA) is 67.9 Å². The third-order valence-corrected chi connectivity index (χ3v) is 4.34. The van der Waals surface area contributed by atoms with E-state index in [1.807, 2.05) is 13.8 Å². The van der Waals surface area contributed by atoms with E-state index in [9.17, 15) is 14.0 Å². The first-order valence-electron chi connectivity index (χ1n) is 9.54. The van der Waals surface area contributed by atoms with Gasteiger partial charge in [0.05, 0.1) is 12.7 Å². The van der Waals surface area contributed by atoms with E-state index in [0.29, 0.717) is 19.6 Å². The molecule has 1 N–H and O–H groups in total. The zero-order valence-electron chi connectivity index (χ0n) is 15.8. The van der Waals surface area contributed by atoms with Crippen molar-refractivity contribution in [1.82, 2.24) is 10.4 Å². The van der Waals surface area contributed by atoms with Crippen molar-refractivity contribution >= 4 is 11.8 Å². The Morgan fingerprint density at radius 3 is 2.52 bits per heavy atom. The van der Waals surface area contributed by atoms with Crippen LogP contribution in [0.1, 0.15) is 65.7 Å². The number of carbonyl (C=O) groups is 2. The van der Waals surface area contributed by atoms with Crippen molar-refractivity contribution in [3.05, 3.63) is 0 Å². The number of nitrogens with one attached hydrogen (secondary N) is 1. The van der Waals surface area contributed by atoms with Crippen LogP contribution in [0.25, 0.3) is 0 Å². The van der Waals surface area contributed by atoms with E-state index in [4.69, 9.17) is 9.57 Å². The van der Waals surface area contributed by atoms with Crippen LogP contribution >= 0.6 is 0 Å². The molecule has 6 nitrogen and oxygen atoms in total.